The Kier molecular flexibility index (Phi) is 5.08. The maximum absolute atomic E-state index is 6.01. The highest BCUT2D eigenvalue weighted by atomic mass is 79.9. The maximum Gasteiger partial charge on any atom is 0.0672 e. The Labute approximate surface area is 133 Å². The second-order valence-corrected chi connectivity index (χ2v) is 6.16. The first-order valence-corrected chi connectivity index (χ1v) is 7.64. The van der Waals surface area contributed by atoms with E-state index >= 15 is 0 Å². The molecule has 0 saturated heterocycles. The molecule has 2 aromatic rings. The number of hydrogen-bond donors (Lipinski definition) is 1. The van der Waals surface area contributed by atoms with Gasteiger partial charge in [-0.1, -0.05) is 45.7 Å². The third kappa shape index (κ3) is 3.35. The van der Waals surface area contributed by atoms with Crippen molar-refractivity contribution >= 4 is 33.2 Å². The van der Waals surface area contributed by atoms with Gasteiger partial charge >= 0.3 is 0 Å². The Morgan fingerprint density at radius 3 is 2.60 bits per heavy atom. The molecule has 0 fully saturated rings. The smallest absolute Gasteiger partial charge is 0.0672 e. The number of nitrogens with zero attached hydrogens (tertiary/aromatic N) is 1. The van der Waals surface area contributed by atoms with Gasteiger partial charge in [-0.2, -0.15) is 0 Å². The fourth-order valence-electron chi connectivity index (χ4n) is 2.29. The molecule has 0 aliphatic heterocycles. The van der Waals surface area contributed by atoms with Crippen LogP contribution < -0.4 is 10.6 Å². The molecule has 0 saturated carbocycles. The number of hydrogen-bond acceptors (Lipinski definition) is 2. The van der Waals surface area contributed by atoms with Gasteiger partial charge in [-0.15, -0.1) is 0 Å². The summed E-state index contributed by atoms with van der Waals surface area (Å²) in [7, 11) is 2.06. The van der Waals surface area contributed by atoms with Crippen LogP contribution in [0.1, 0.15) is 17.2 Å². The highest BCUT2D eigenvalue weighted by Crippen LogP contribution is 2.31. The number of aryl methyl sites for hydroxylation is 1. The molecule has 0 aliphatic rings. The van der Waals surface area contributed by atoms with Gasteiger partial charge < -0.3 is 10.6 Å². The Balaban J connectivity index is 2.36. The van der Waals surface area contributed by atoms with Gasteiger partial charge in [0.15, 0.2) is 0 Å². The molecule has 20 heavy (non-hydrogen) atoms. The van der Waals surface area contributed by atoms with Crippen LogP contribution in [0.4, 0.5) is 5.69 Å². The molecule has 106 valence electrons. The van der Waals surface area contributed by atoms with Crippen LogP contribution >= 0.6 is 27.5 Å². The van der Waals surface area contributed by atoms with Crippen molar-refractivity contribution in [2.75, 3.05) is 18.5 Å². The zero-order valence-corrected chi connectivity index (χ0v) is 13.9. The minimum Gasteiger partial charge on any atom is -0.366 e. The third-order valence-corrected chi connectivity index (χ3v) is 4.34. The Bertz CT molecular complexity index is 601. The van der Waals surface area contributed by atoms with Gasteiger partial charge in [0.1, 0.15) is 0 Å². The molecule has 4 heteroatoms. The molecule has 0 radical (unpaired) electrons. The molecule has 1 unspecified atom stereocenters. The monoisotopic (exact) mass is 352 g/mol. The molecule has 2 nitrogen and oxygen atoms in total. The van der Waals surface area contributed by atoms with Crippen LogP contribution in [0.15, 0.2) is 46.9 Å². The Morgan fingerprint density at radius 2 is 2.00 bits per heavy atom. The summed E-state index contributed by atoms with van der Waals surface area (Å²) in [6.07, 6.45) is 0. The molecule has 0 heterocycles. The molecule has 2 rings (SSSR count). The topological polar surface area (TPSA) is 29.3 Å². The van der Waals surface area contributed by atoms with Gasteiger partial charge in [0.2, 0.25) is 0 Å². The van der Waals surface area contributed by atoms with E-state index in [0.717, 1.165) is 20.7 Å². The summed E-state index contributed by atoms with van der Waals surface area (Å²) in [6.45, 7) is 2.62. The predicted molar refractivity (Wildman–Crippen MR) is 90.5 cm³/mol. The zero-order valence-electron chi connectivity index (χ0n) is 11.6. The molecule has 0 bridgehead atoms. The first kappa shape index (κ1) is 15.4. The van der Waals surface area contributed by atoms with Gasteiger partial charge in [-0.25, -0.2) is 0 Å². The number of benzene rings is 2. The van der Waals surface area contributed by atoms with E-state index in [1.807, 2.05) is 18.2 Å². The summed E-state index contributed by atoms with van der Waals surface area (Å²) < 4.78 is 0.986. The first-order valence-electron chi connectivity index (χ1n) is 6.47. The standard InChI is InChI=1S/C16H18BrClN2/c1-11-4-3-5-13(8-11)20(2)16(10-19)14-7-6-12(18)9-15(14)17/h3-9,16H,10,19H2,1-2H3. The van der Waals surface area contributed by atoms with Crippen LogP contribution in [0, 0.1) is 6.92 Å². The van der Waals surface area contributed by atoms with Crippen LogP contribution in [0.2, 0.25) is 5.02 Å². The van der Waals surface area contributed by atoms with E-state index in [1.165, 1.54) is 5.56 Å². The van der Waals surface area contributed by atoms with Crippen molar-refractivity contribution in [2.24, 2.45) is 5.73 Å². The SMILES string of the molecule is Cc1cccc(N(C)C(CN)c2ccc(Cl)cc2Br)c1. The zero-order chi connectivity index (χ0) is 14.7. The van der Waals surface area contributed by atoms with Crippen molar-refractivity contribution in [2.45, 2.75) is 13.0 Å². The average Bonchev–Trinajstić information content (AvgIpc) is 2.41. The fraction of sp³-hybridized carbons (Fsp3) is 0.250. The van der Waals surface area contributed by atoms with Gasteiger partial charge in [-0.3, -0.25) is 0 Å². The molecule has 0 aliphatic carbocycles. The van der Waals surface area contributed by atoms with Gasteiger partial charge in [-0.05, 0) is 42.3 Å². The number of nitrogens with two attached hydrogens (primary N) is 1. The summed E-state index contributed by atoms with van der Waals surface area (Å²) in [5.41, 5.74) is 9.52. The van der Waals surface area contributed by atoms with Crippen LogP contribution in [0.5, 0.6) is 0 Å². The Hall–Kier alpha value is -1.03. The fourth-order valence-corrected chi connectivity index (χ4v) is 3.24. The molecular formula is C16H18BrClN2. The lowest BCUT2D eigenvalue weighted by molar-refractivity contribution is 0.678. The number of anilines is 1. The molecule has 0 spiro atoms. The lowest BCUT2D eigenvalue weighted by Gasteiger charge is -2.30. The highest BCUT2D eigenvalue weighted by Gasteiger charge is 2.18. The van der Waals surface area contributed by atoms with Crippen LogP contribution in [0.3, 0.4) is 0 Å². The second-order valence-electron chi connectivity index (χ2n) is 4.87. The summed E-state index contributed by atoms with van der Waals surface area (Å²) >= 11 is 9.58. The van der Waals surface area contributed by atoms with E-state index in [4.69, 9.17) is 17.3 Å². The first-order chi connectivity index (χ1) is 9.52. The van der Waals surface area contributed by atoms with E-state index < -0.39 is 0 Å². The van der Waals surface area contributed by atoms with E-state index in [0.29, 0.717) is 6.54 Å². The summed E-state index contributed by atoms with van der Waals surface area (Å²) in [4.78, 5) is 2.20. The highest BCUT2D eigenvalue weighted by molar-refractivity contribution is 9.10. The van der Waals surface area contributed by atoms with Gasteiger partial charge in [0.05, 0.1) is 6.04 Å². The van der Waals surface area contributed by atoms with Crippen LogP contribution in [-0.4, -0.2) is 13.6 Å². The normalized spacial score (nSPS) is 12.2. The van der Waals surface area contributed by atoms with Crippen molar-refractivity contribution in [3.63, 3.8) is 0 Å². The minimum atomic E-state index is 0.100. The second kappa shape index (κ2) is 6.61. The van der Waals surface area contributed by atoms with Gasteiger partial charge in [0, 0.05) is 28.8 Å². The molecule has 2 N–H and O–H groups in total. The largest absolute Gasteiger partial charge is 0.366 e. The maximum atomic E-state index is 6.01. The summed E-state index contributed by atoms with van der Waals surface area (Å²) in [5, 5.41) is 0.717. The number of likely N-dealkylation sites (N-methyl/N-ethyl adjacent to an activating group) is 1. The Morgan fingerprint density at radius 1 is 1.25 bits per heavy atom. The molecule has 1 atom stereocenters. The van der Waals surface area contributed by atoms with E-state index in [-0.39, 0.29) is 6.04 Å². The lowest BCUT2D eigenvalue weighted by Crippen LogP contribution is -2.30. The van der Waals surface area contributed by atoms with Crippen molar-refractivity contribution in [1.29, 1.82) is 0 Å². The average molecular weight is 354 g/mol. The van der Waals surface area contributed by atoms with E-state index in [1.54, 1.807) is 0 Å². The summed E-state index contributed by atoms with van der Waals surface area (Å²) in [5.74, 6) is 0. The third-order valence-electron chi connectivity index (χ3n) is 3.42. The van der Waals surface area contributed by atoms with Crippen LogP contribution in [-0.2, 0) is 0 Å². The molecule has 0 aromatic heterocycles. The van der Waals surface area contributed by atoms with E-state index in [9.17, 15) is 0 Å². The molecule has 0 amide bonds. The van der Waals surface area contributed by atoms with Crippen molar-refractivity contribution in [3.05, 3.63) is 63.1 Å². The van der Waals surface area contributed by atoms with Crippen molar-refractivity contribution in [1.82, 2.24) is 0 Å². The minimum absolute atomic E-state index is 0.100. The molecule has 2 aromatic carbocycles. The van der Waals surface area contributed by atoms with Crippen molar-refractivity contribution in [3.8, 4) is 0 Å². The number of halogens is 2. The van der Waals surface area contributed by atoms with Crippen molar-refractivity contribution < 1.29 is 0 Å². The predicted octanol–water partition coefficient (Wildman–Crippen LogP) is 4.55. The number of rotatable bonds is 4. The summed E-state index contributed by atoms with van der Waals surface area (Å²) in [6, 6.07) is 14.3. The quantitative estimate of drug-likeness (QED) is 0.874. The van der Waals surface area contributed by atoms with E-state index in [2.05, 4.69) is 59.1 Å². The lowest BCUT2D eigenvalue weighted by atomic mass is 10.0. The van der Waals surface area contributed by atoms with Gasteiger partial charge in [0.25, 0.3) is 0 Å². The van der Waals surface area contributed by atoms with Crippen LogP contribution in [0.25, 0.3) is 0 Å². The molecular weight excluding hydrogens is 336 g/mol.